The van der Waals surface area contributed by atoms with E-state index in [4.69, 9.17) is 0 Å². The van der Waals surface area contributed by atoms with E-state index < -0.39 is 5.92 Å². The molecule has 0 aromatic heterocycles. The second-order valence-corrected chi connectivity index (χ2v) is 8.76. The van der Waals surface area contributed by atoms with Gasteiger partial charge in [0.25, 0.3) is 5.91 Å². The minimum Gasteiger partial charge on any atom is -0.339 e. The Bertz CT molecular complexity index is 984. The molecule has 1 N–H and O–H groups in total. The van der Waals surface area contributed by atoms with Crippen molar-refractivity contribution in [1.82, 2.24) is 4.90 Å². The fourth-order valence-electron chi connectivity index (χ4n) is 3.97. The van der Waals surface area contributed by atoms with Gasteiger partial charge in [-0.3, -0.25) is 14.4 Å². The molecule has 2 heterocycles. The van der Waals surface area contributed by atoms with E-state index in [2.05, 4.69) is 21.2 Å². The summed E-state index contributed by atoms with van der Waals surface area (Å²) >= 11 is 3.47. The Kier molecular flexibility index (Phi) is 5.90. The summed E-state index contributed by atoms with van der Waals surface area (Å²) in [6, 6.07) is 12.7. The smallest absolute Gasteiger partial charge is 0.253 e. The topological polar surface area (TPSA) is 69.7 Å². The van der Waals surface area contributed by atoms with Crippen molar-refractivity contribution in [1.29, 1.82) is 0 Å². The van der Waals surface area contributed by atoms with Gasteiger partial charge in [-0.1, -0.05) is 15.9 Å². The van der Waals surface area contributed by atoms with Crippen LogP contribution in [-0.4, -0.2) is 42.3 Å². The van der Waals surface area contributed by atoms with Crippen LogP contribution in [0.4, 0.5) is 11.4 Å². The number of carbonyl (C=O) groups excluding carboxylic acids is 3. The summed E-state index contributed by atoms with van der Waals surface area (Å²) in [7, 11) is 0. The highest BCUT2D eigenvalue weighted by Gasteiger charge is 2.35. The number of anilines is 2. The van der Waals surface area contributed by atoms with E-state index in [0.29, 0.717) is 17.8 Å². The first-order chi connectivity index (χ1) is 14.4. The van der Waals surface area contributed by atoms with Gasteiger partial charge in [-0.25, -0.2) is 0 Å². The minimum atomic E-state index is -0.410. The molecule has 2 saturated heterocycles. The van der Waals surface area contributed by atoms with Gasteiger partial charge in [0, 0.05) is 47.5 Å². The lowest BCUT2D eigenvalue weighted by molar-refractivity contribution is -0.122. The van der Waals surface area contributed by atoms with Gasteiger partial charge in [0.05, 0.1) is 5.92 Å². The Hall–Kier alpha value is -2.67. The second kappa shape index (κ2) is 8.60. The number of benzene rings is 2. The molecular formula is C23H24BrN3O3. The number of rotatable bonds is 4. The SMILES string of the molecule is Cc1cc(N2CC(C(=O)Nc3ccc(C(=O)N4CCCC4)cc3)CC2=O)ccc1Br. The number of aryl methyl sites for hydroxylation is 1. The number of nitrogens with one attached hydrogen (secondary N) is 1. The lowest BCUT2D eigenvalue weighted by atomic mass is 10.1. The minimum absolute atomic E-state index is 0.0344. The molecule has 2 aliphatic rings. The van der Waals surface area contributed by atoms with Crippen molar-refractivity contribution in [3.63, 3.8) is 0 Å². The van der Waals surface area contributed by atoms with Gasteiger partial charge in [0.1, 0.15) is 0 Å². The third-order valence-corrected chi connectivity index (χ3v) is 6.63. The van der Waals surface area contributed by atoms with E-state index in [1.54, 1.807) is 29.2 Å². The van der Waals surface area contributed by atoms with Crippen LogP contribution in [-0.2, 0) is 9.59 Å². The molecule has 1 unspecified atom stereocenters. The van der Waals surface area contributed by atoms with Crippen LogP contribution < -0.4 is 10.2 Å². The van der Waals surface area contributed by atoms with Crippen LogP contribution in [0.1, 0.15) is 35.2 Å². The molecule has 0 bridgehead atoms. The molecule has 2 aromatic rings. The molecule has 0 spiro atoms. The van der Waals surface area contributed by atoms with Crippen LogP contribution in [0.15, 0.2) is 46.9 Å². The highest BCUT2D eigenvalue weighted by molar-refractivity contribution is 9.10. The Balaban J connectivity index is 1.38. The molecule has 0 aliphatic carbocycles. The van der Waals surface area contributed by atoms with Crippen LogP contribution >= 0.6 is 15.9 Å². The summed E-state index contributed by atoms with van der Waals surface area (Å²) in [4.78, 5) is 41.1. The van der Waals surface area contributed by atoms with Crippen molar-refractivity contribution in [2.24, 2.45) is 5.92 Å². The predicted molar refractivity (Wildman–Crippen MR) is 120 cm³/mol. The first-order valence-corrected chi connectivity index (χ1v) is 11.0. The zero-order valence-corrected chi connectivity index (χ0v) is 18.4. The number of halogens is 1. The monoisotopic (exact) mass is 469 g/mol. The quantitative estimate of drug-likeness (QED) is 0.735. The van der Waals surface area contributed by atoms with Gasteiger partial charge in [-0.15, -0.1) is 0 Å². The maximum absolute atomic E-state index is 12.7. The molecule has 6 nitrogen and oxygen atoms in total. The van der Waals surface area contributed by atoms with Gasteiger partial charge in [0.2, 0.25) is 11.8 Å². The number of hydrogen-bond donors (Lipinski definition) is 1. The fourth-order valence-corrected chi connectivity index (χ4v) is 4.22. The van der Waals surface area contributed by atoms with Crippen molar-refractivity contribution in [2.75, 3.05) is 29.9 Å². The molecule has 7 heteroatoms. The number of nitrogens with zero attached hydrogens (tertiary/aromatic N) is 2. The first kappa shape index (κ1) is 20.6. The van der Waals surface area contributed by atoms with Crippen molar-refractivity contribution >= 4 is 45.0 Å². The van der Waals surface area contributed by atoms with Crippen molar-refractivity contribution in [3.05, 3.63) is 58.1 Å². The zero-order chi connectivity index (χ0) is 21.3. The van der Waals surface area contributed by atoms with Crippen LogP contribution in [0, 0.1) is 12.8 Å². The Morgan fingerprint density at radius 2 is 1.77 bits per heavy atom. The van der Waals surface area contributed by atoms with E-state index >= 15 is 0 Å². The van der Waals surface area contributed by atoms with Crippen molar-refractivity contribution < 1.29 is 14.4 Å². The molecule has 2 aromatic carbocycles. The van der Waals surface area contributed by atoms with Crippen LogP contribution in [0.25, 0.3) is 0 Å². The predicted octanol–water partition coefficient (Wildman–Crippen LogP) is 3.99. The summed E-state index contributed by atoms with van der Waals surface area (Å²) in [6.45, 7) is 3.94. The van der Waals surface area contributed by atoms with Crippen molar-refractivity contribution in [3.8, 4) is 0 Å². The zero-order valence-electron chi connectivity index (χ0n) is 16.9. The molecular weight excluding hydrogens is 446 g/mol. The van der Waals surface area contributed by atoms with Gasteiger partial charge < -0.3 is 15.1 Å². The van der Waals surface area contributed by atoms with Gasteiger partial charge in [-0.05, 0) is 67.8 Å². The molecule has 30 heavy (non-hydrogen) atoms. The Labute approximate surface area is 184 Å². The summed E-state index contributed by atoms with van der Waals surface area (Å²) in [6.07, 6.45) is 2.29. The molecule has 4 rings (SSSR count). The standard InChI is InChI=1S/C23H24BrN3O3/c1-15-12-19(8-9-20(15)24)27-14-17(13-21(27)28)22(29)25-18-6-4-16(5-7-18)23(30)26-10-2-3-11-26/h4-9,12,17H,2-3,10-11,13-14H2,1H3,(H,25,29). The van der Waals surface area contributed by atoms with E-state index in [-0.39, 0.29) is 24.1 Å². The number of carbonyl (C=O) groups is 3. The highest BCUT2D eigenvalue weighted by Crippen LogP contribution is 2.29. The number of likely N-dealkylation sites (tertiary alicyclic amines) is 1. The average Bonchev–Trinajstić information content (AvgIpc) is 3.40. The largest absolute Gasteiger partial charge is 0.339 e. The molecule has 2 aliphatic heterocycles. The van der Waals surface area contributed by atoms with Crippen LogP contribution in [0.3, 0.4) is 0 Å². The van der Waals surface area contributed by atoms with E-state index in [1.165, 1.54) is 0 Å². The van der Waals surface area contributed by atoms with Gasteiger partial charge in [-0.2, -0.15) is 0 Å². The lowest BCUT2D eigenvalue weighted by Crippen LogP contribution is -2.28. The third-order valence-electron chi connectivity index (χ3n) is 5.74. The Morgan fingerprint density at radius 1 is 1.07 bits per heavy atom. The first-order valence-electron chi connectivity index (χ1n) is 10.2. The third kappa shape index (κ3) is 4.26. The fraction of sp³-hybridized carbons (Fsp3) is 0.348. The van der Waals surface area contributed by atoms with E-state index in [1.807, 2.05) is 30.0 Å². The maximum atomic E-state index is 12.7. The summed E-state index contributed by atoms with van der Waals surface area (Å²) in [5.41, 5.74) is 3.10. The van der Waals surface area contributed by atoms with Crippen LogP contribution in [0.2, 0.25) is 0 Å². The molecule has 0 radical (unpaired) electrons. The molecule has 1 atom stereocenters. The summed E-state index contributed by atoms with van der Waals surface area (Å²) in [5, 5.41) is 2.88. The van der Waals surface area contributed by atoms with Crippen molar-refractivity contribution in [2.45, 2.75) is 26.2 Å². The molecule has 0 saturated carbocycles. The summed E-state index contributed by atoms with van der Waals surface area (Å²) in [5.74, 6) is -0.610. The molecule has 2 fully saturated rings. The number of amides is 3. The highest BCUT2D eigenvalue weighted by atomic mass is 79.9. The molecule has 3 amide bonds. The van der Waals surface area contributed by atoms with E-state index in [9.17, 15) is 14.4 Å². The van der Waals surface area contributed by atoms with Gasteiger partial charge in [0.15, 0.2) is 0 Å². The average molecular weight is 470 g/mol. The van der Waals surface area contributed by atoms with E-state index in [0.717, 1.165) is 41.7 Å². The number of hydrogen-bond acceptors (Lipinski definition) is 3. The molecule has 156 valence electrons. The van der Waals surface area contributed by atoms with Gasteiger partial charge >= 0.3 is 0 Å². The summed E-state index contributed by atoms with van der Waals surface area (Å²) < 4.78 is 0.985. The van der Waals surface area contributed by atoms with Crippen LogP contribution in [0.5, 0.6) is 0 Å². The maximum Gasteiger partial charge on any atom is 0.253 e. The second-order valence-electron chi connectivity index (χ2n) is 7.90. The lowest BCUT2D eigenvalue weighted by Gasteiger charge is -2.18. The normalized spacial score (nSPS) is 18.7. The Morgan fingerprint density at radius 3 is 2.43 bits per heavy atom.